The number of aryl methyl sites for hydroxylation is 1. The summed E-state index contributed by atoms with van der Waals surface area (Å²) < 4.78 is 26.2. The Labute approximate surface area is 209 Å². The van der Waals surface area contributed by atoms with Gasteiger partial charge in [-0.15, -0.1) is 0 Å². The minimum Gasteiger partial charge on any atom is -0.357 e. The van der Waals surface area contributed by atoms with E-state index in [0.29, 0.717) is 38.3 Å². The maximum Gasteiger partial charge on any atom is 0.244 e. The highest BCUT2D eigenvalue weighted by molar-refractivity contribution is 7.92. The van der Waals surface area contributed by atoms with E-state index in [1.54, 1.807) is 50.2 Å². The molecule has 0 aliphatic carbocycles. The van der Waals surface area contributed by atoms with Gasteiger partial charge in [0.25, 0.3) is 0 Å². The number of benzene rings is 2. The standard InChI is InChI=1S/C22H26Cl3N3O4S/c1-5-19(22(30)26-3)27(12-15-6-7-17(24)11-18(15)25)21(29)13-28(33(4,31)32)20-9-8-16(23)10-14(20)2/h6-11,19H,5,12-13H2,1-4H3,(H,26,30). The van der Waals surface area contributed by atoms with E-state index in [1.807, 2.05) is 0 Å². The lowest BCUT2D eigenvalue weighted by atomic mass is 10.1. The van der Waals surface area contributed by atoms with Crippen LogP contribution in [-0.4, -0.2) is 51.0 Å². The molecule has 0 aliphatic rings. The molecule has 2 amide bonds. The molecular weight excluding hydrogens is 509 g/mol. The summed E-state index contributed by atoms with van der Waals surface area (Å²) in [5, 5.41) is 3.77. The summed E-state index contributed by atoms with van der Waals surface area (Å²) in [6.07, 6.45) is 1.33. The number of carbonyl (C=O) groups excluding carboxylic acids is 2. The fourth-order valence-corrected chi connectivity index (χ4v) is 5.02. The molecule has 180 valence electrons. The Morgan fingerprint density at radius 2 is 1.67 bits per heavy atom. The van der Waals surface area contributed by atoms with Crippen molar-refractivity contribution in [2.75, 3.05) is 24.2 Å². The van der Waals surface area contributed by atoms with E-state index < -0.39 is 28.5 Å². The van der Waals surface area contributed by atoms with Gasteiger partial charge in [0.05, 0.1) is 11.9 Å². The lowest BCUT2D eigenvalue weighted by Gasteiger charge is -2.33. The zero-order valence-corrected chi connectivity index (χ0v) is 21.8. The number of rotatable bonds is 9. The smallest absolute Gasteiger partial charge is 0.244 e. The van der Waals surface area contributed by atoms with Gasteiger partial charge in [0.1, 0.15) is 12.6 Å². The third-order valence-electron chi connectivity index (χ3n) is 5.09. The molecule has 1 unspecified atom stereocenters. The van der Waals surface area contributed by atoms with Crippen molar-refractivity contribution in [3.63, 3.8) is 0 Å². The van der Waals surface area contributed by atoms with Crippen LogP contribution >= 0.6 is 34.8 Å². The summed E-state index contributed by atoms with van der Waals surface area (Å²) in [5.41, 5.74) is 1.49. The fraction of sp³-hybridized carbons (Fsp3) is 0.364. The molecule has 1 atom stereocenters. The van der Waals surface area contributed by atoms with Crippen LogP contribution in [0, 0.1) is 6.92 Å². The van der Waals surface area contributed by atoms with Gasteiger partial charge in [-0.1, -0.05) is 47.8 Å². The van der Waals surface area contributed by atoms with Crippen LogP contribution in [0.5, 0.6) is 0 Å². The summed E-state index contributed by atoms with van der Waals surface area (Å²) in [4.78, 5) is 27.4. The van der Waals surface area contributed by atoms with Crippen molar-refractivity contribution >= 4 is 62.3 Å². The Kier molecular flexibility index (Phi) is 9.43. The molecule has 0 aliphatic heterocycles. The topological polar surface area (TPSA) is 86.8 Å². The molecule has 2 aromatic carbocycles. The summed E-state index contributed by atoms with van der Waals surface area (Å²) in [6, 6.07) is 8.72. The molecule has 0 radical (unpaired) electrons. The first kappa shape index (κ1) is 27.2. The molecule has 1 N–H and O–H groups in total. The molecule has 2 rings (SSSR count). The van der Waals surface area contributed by atoms with Crippen molar-refractivity contribution in [2.24, 2.45) is 0 Å². The molecule has 2 aromatic rings. The third-order valence-corrected chi connectivity index (χ3v) is 7.04. The molecule has 0 saturated carbocycles. The van der Waals surface area contributed by atoms with Crippen LogP contribution in [0.2, 0.25) is 15.1 Å². The van der Waals surface area contributed by atoms with Crippen LogP contribution < -0.4 is 9.62 Å². The molecule has 0 bridgehead atoms. The van der Waals surface area contributed by atoms with Crippen LogP contribution in [0.4, 0.5) is 5.69 Å². The molecule has 11 heteroatoms. The Balaban J connectivity index is 2.49. The Bertz CT molecular complexity index is 1140. The number of nitrogens with zero attached hydrogens (tertiary/aromatic N) is 2. The Morgan fingerprint density at radius 3 is 2.18 bits per heavy atom. The van der Waals surface area contributed by atoms with Crippen molar-refractivity contribution in [2.45, 2.75) is 32.9 Å². The van der Waals surface area contributed by atoms with Crippen LogP contribution in [-0.2, 0) is 26.2 Å². The molecule has 0 saturated heterocycles. The highest BCUT2D eigenvalue weighted by atomic mass is 35.5. The minimum atomic E-state index is -3.83. The van der Waals surface area contributed by atoms with Crippen LogP contribution in [0.15, 0.2) is 36.4 Å². The van der Waals surface area contributed by atoms with Gasteiger partial charge in [0.15, 0.2) is 0 Å². The van der Waals surface area contributed by atoms with Crippen molar-refractivity contribution < 1.29 is 18.0 Å². The summed E-state index contributed by atoms with van der Waals surface area (Å²) >= 11 is 18.3. The summed E-state index contributed by atoms with van der Waals surface area (Å²) in [6.45, 7) is 2.97. The van der Waals surface area contributed by atoms with E-state index in [0.717, 1.165) is 10.6 Å². The van der Waals surface area contributed by atoms with Gasteiger partial charge in [-0.2, -0.15) is 0 Å². The predicted molar refractivity (Wildman–Crippen MR) is 134 cm³/mol. The van der Waals surface area contributed by atoms with Gasteiger partial charge in [-0.3, -0.25) is 13.9 Å². The molecule has 0 spiro atoms. The van der Waals surface area contributed by atoms with E-state index in [2.05, 4.69) is 5.32 Å². The van der Waals surface area contributed by atoms with Crippen molar-refractivity contribution in [1.29, 1.82) is 0 Å². The SMILES string of the molecule is CCC(C(=O)NC)N(Cc1ccc(Cl)cc1Cl)C(=O)CN(c1ccc(Cl)cc1C)S(C)(=O)=O. The van der Waals surface area contributed by atoms with Gasteiger partial charge in [0, 0.05) is 28.7 Å². The number of anilines is 1. The van der Waals surface area contributed by atoms with Gasteiger partial charge < -0.3 is 10.2 Å². The molecule has 0 heterocycles. The average Bonchev–Trinajstić information content (AvgIpc) is 2.72. The van der Waals surface area contributed by atoms with Crippen LogP contribution in [0.3, 0.4) is 0 Å². The lowest BCUT2D eigenvalue weighted by Crippen LogP contribution is -2.51. The first-order valence-corrected chi connectivity index (χ1v) is 13.1. The van der Waals surface area contributed by atoms with Crippen molar-refractivity contribution in [1.82, 2.24) is 10.2 Å². The van der Waals surface area contributed by atoms with Gasteiger partial charge in [-0.25, -0.2) is 8.42 Å². The number of carbonyl (C=O) groups is 2. The molecular formula is C22H26Cl3N3O4S. The Hall–Kier alpha value is -2.00. The third kappa shape index (κ3) is 6.99. The van der Waals surface area contributed by atoms with E-state index in [4.69, 9.17) is 34.8 Å². The number of amides is 2. The molecule has 0 fully saturated rings. The zero-order valence-electron chi connectivity index (χ0n) is 18.7. The summed E-state index contributed by atoms with van der Waals surface area (Å²) in [7, 11) is -2.35. The monoisotopic (exact) mass is 533 g/mol. The van der Waals surface area contributed by atoms with Gasteiger partial charge in [-0.05, 0) is 54.8 Å². The number of nitrogens with one attached hydrogen (secondary N) is 1. The largest absolute Gasteiger partial charge is 0.357 e. The number of hydrogen-bond acceptors (Lipinski definition) is 4. The molecule has 7 nitrogen and oxygen atoms in total. The Morgan fingerprint density at radius 1 is 1.06 bits per heavy atom. The van der Waals surface area contributed by atoms with Gasteiger partial charge >= 0.3 is 0 Å². The second kappa shape index (κ2) is 11.4. The predicted octanol–water partition coefficient (Wildman–Crippen LogP) is 4.27. The van der Waals surface area contributed by atoms with E-state index in [1.165, 1.54) is 11.9 Å². The van der Waals surface area contributed by atoms with E-state index in [9.17, 15) is 18.0 Å². The summed E-state index contributed by atoms with van der Waals surface area (Å²) in [5.74, 6) is -0.930. The highest BCUT2D eigenvalue weighted by Gasteiger charge is 2.32. The number of hydrogen-bond donors (Lipinski definition) is 1. The molecule has 0 aromatic heterocycles. The highest BCUT2D eigenvalue weighted by Crippen LogP contribution is 2.27. The maximum absolute atomic E-state index is 13.5. The average molecular weight is 535 g/mol. The fourth-order valence-electron chi connectivity index (χ4n) is 3.41. The second-order valence-corrected chi connectivity index (χ2v) is 10.7. The first-order chi connectivity index (χ1) is 15.4. The molecule has 33 heavy (non-hydrogen) atoms. The van der Waals surface area contributed by atoms with Crippen LogP contribution in [0.1, 0.15) is 24.5 Å². The quantitative estimate of drug-likeness (QED) is 0.520. The zero-order chi connectivity index (χ0) is 24.9. The maximum atomic E-state index is 13.5. The van der Waals surface area contributed by atoms with Crippen molar-refractivity contribution in [3.05, 3.63) is 62.6 Å². The van der Waals surface area contributed by atoms with Gasteiger partial charge in [0.2, 0.25) is 21.8 Å². The number of halogens is 3. The normalized spacial score (nSPS) is 12.2. The number of likely N-dealkylation sites (N-methyl/N-ethyl adjacent to an activating group) is 1. The van der Waals surface area contributed by atoms with E-state index >= 15 is 0 Å². The van der Waals surface area contributed by atoms with Crippen LogP contribution in [0.25, 0.3) is 0 Å². The minimum absolute atomic E-state index is 0.00202. The van der Waals surface area contributed by atoms with Crippen molar-refractivity contribution in [3.8, 4) is 0 Å². The number of sulfonamides is 1. The lowest BCUT2D eigenvalue weighted by molar-refractivity contribution is -0.140. The van der Waals surface area contributed by atoms with E-state index in [-0.39, 0.29) is 12.5 Å². The first-order valence-electron chi connectivity index (χ1n) is 10.1. The second-order valence-electron chi connectivity index (χ2n) is 7.50.